The molecule has 1 unspecified atom stereocenters. The van der Waals surface area contributed by atoms with E-state index in [1.165, 1.54) is 11.8 Å². The van der Waals surface area contributed by atoms with Gasteiger partial charge < -0.3 is 9.88 Å². The Kier molecular flexibility index (Phi) is 5.68. The van der Waals surface area contributed by atoms with Crippen molar-refractivity contribution in [2.24, 2.45) is 7.05 Å². The normalized spacial score (nSPS) is 15.9. The standard InChI is InChI=1S/C27H25N3O2S/c1-18-10-6-8-14-21(18)30-23(31)17-33-27-24(20-13-7-9-15-22(20)29(27)2)25(30)26(32)28-16-19-11-4-3-5-12-19/h3-15,25H,16-17H2,1-2H3,(H,28,32). The molecule has 1 N–H and O–H groups in total. The number of fused-ring (bicyclic) bond motifs is 3. The van der Waals surface area contributed by atoms with E-state index in [0.717, 1.165) is 38.3 Å². The van der Waals surface area contributed by atoms with Gasteiger partial charge >= 0.3 is 0 Å². The molecule has 5 nitrogen and oxygen atoms in total. The van der Waals surface area contributed by atoms with Crippen molar-refractivity contribution in [1.29, 1.82) is 0 Å². The number of carbonyl (C=O) groups excluding carboxylic acids is 2. The number of aryl methyl sites for hydroxylation is 2. The predicted octanol–water partition coefficient (Wildman–Crippen LogP) is 4.98. The smallest absolute Gasteiger partial charge is 0.248 e. The van der Waals surface area contributed by atoms with Crippen molar-refractivity contribution in [2.45, 2.75) is 24.5 Å². The zero-order chi connectivity index (χ0) is 22.9. The highest BCUT2D eigenvalue weighted by molar-refractivity contribution is 8.00. The molecule has 0 aliphatic carbocycles. The van der Waals surface area contributed by atoms with E-state index in [-0.39, 0.29) is 17.6 Å². The maximum Gasteiger partial charge on any atom is 0.248 e. The molecule has 1 aliphatic rings. The average Bonchev–Trinajstić information content (AvgIpc) is 3.02. The van der Waals surface area contributed by atoms with Gasteiger partial charge in [0.25, 0.3) is 0 Å². The molecule has 0 saturated heterocycles. The lowest BCUT2D eigenvalue weighted by molar-refractivity contribution is -0.125. The van der Waals surface area contributed by atoms with Crippen LogP contribution in [0, 0.1) is 6.92 Å². The van der Waals surface area contributed by atoms with E-state index in [2.05, 4.69) is 16.0 Å². The van der Waals surface area contributed by atoms with Crippen LogP contribution in [0.15, 0.2) is 83.9 Å². The van der Waals surface area contributed by atoms with Gasteiger partial charge in [-0.2, -0.15) is 0 Å². The first-order valence-corrected chi connectivity index (χ1v) is 11.9. The highest BCUT2D eigenvalue weighted by Crippen LogP contribution is 2.43. The fourth-order valence-corrected chi connectivity index (χ4v) is 5.62. The monoisotopic (exact) mass is 455 g/mol. The molecule has 1 aromatic heterocycles. The van der Waals surface area contributed by atoms with Crippen LogP contribution in [-0.4, -0.2) is 22.1 Å². The minimum Gasteiger partial charge on any atom is -0.350 e. The van der Waals surface area contributed by atoms with E-state index < -0.39 is 6.04 Å². The van der Waals surface area contributed by atoms with Gasteiger partial charge in [-0.05, 0) is 30.2 Å². The minimum atomic E-state index is -0.765. The number of rotatable bonds is 4. The summed E-state index contributed by atoms with van der Waals surface area (Å²) >= 11 is 1.50. The second-order valence-corrected chi connectivity index (χ2v) is 9.20. The number of amides is 2. The molecule has 3 aromatic carbocycles. The molecule has 0 fully saturated rings. The molecular formula is C27H25N3O2S. The number of nitrogens with one attached hydrogen (secondary N) is 1. The molecule has 4 aromatic rings. The van der Waals surface area contributed by atoms with Crippen LogP contribution in [0.3, 0.4) is 0 Å². The molecule has 2 heterocycles. The summed E-state index contributed by atoms with van der Waals surface area (Å²) < 4.78 is 2.10. The average molecular weight is 456 g/mol. The number of para-hydroxylation sites is 2. The van der Waals surface area contributed by atoms with Gasteiger partial charge in [0, 0.05) is 35.7 Å². The Bertz CT molecular complexity index is 1350. The molecule has 1 aliphatic heterocycles. The second kappa shape index (κ2) is 8.79. The van der Waals surface area contributed by atoms with Gasteiger partial charge in [0.15, 0.2) is 0 Å². The number of aromatic nitrogens is 1. The van der Waals surface area contributed by atoms with Crippen LogP contribution in [0.2, 0.25) is 0 Å². The third kappa shape index (κ3) is 3.80. The van der Waals surface area contributed by atoms with Crippen molar-refractivity contribution >= 4 is 40.2 Å². The van der Waals surface area contributed by atoms with Gasteiger partial charge in [-0.1, -0.05) is 78.5 Å². The molecule has 2 amide bonds. The largest absolute Gasteiger partial charge is 0.350 e. The number of thioether (sulfide) groups is 1. The van der Waals surface area contributed by atoms with Gasteiger partial charge in [-0.3, -0.25) is 14.5 Å². The number of carbonyl (C=O) groups is 2. The van der Waals surface area contributed by atoms with Gasteiger partial charge in [-0.25, -0.2) is 0 Å². The summed E-state index contributed by atoms with van der Waals surface area (Å²) in [5, 5.41) is 5.05. The first-order chi connectivity index (χ1) is 16.1. The Balaban J connectivity index is 1.67. The third-order valence-corrected chi connectivity index (χ3v) is 7.31. The van der Waals surface area contributed by atoms with E-state index in [1.54, 1.807) is 4.90 Å². The van der Waals surface area contributed by atoms with Crippen LogP contribution in [-0.2, 0) is 23.2 Å². The Hall–Kier alpha value is -3.51. The topological polar surface area (TPSA) is 54.3 Å². The van der Waals surface area contributed by atoms with E-state index in [9.17, 15) is 9.59 Å². The van der Waals surface area contributed by atoms with Gasteiger partial charge in [-0.15, -0.1) is 0 Å². The lowest BCUT2D eigenvalue weighted by Crippen LogP contribution is -2.44. The number of nitrogens with zero attached hydrogens (tertiary/aromatic N) is 2. The second-order valence-electron chi connectivity index (χ2n) is 8.24. The van der Waals surface area contributed by atoms with Gasteiger partial charge in [0.2, 0.25) is 11.8 Å². The van der Waals surface area contributed by atoms with Crippen molar-refractivity contribution in [2.75, 3.05) is 10.7 Å². The van der Waals surface area contributed by atoms with Crippen molar-refractivity contribution in [3.8, 4) is 0 Å². The molecule has 0 bridgehead atoms. The maximum absolute atomic E-state index is 13.9. The van der Waals surface area contributed by atoms with E-state index in [4.69, 9.17) is 0 Å². The molecular weight excluding hydrogens is 430 g/mol. The van der Waals surface area contributed by atoms with Crippen LogP contribution >= 0.6 is 11.8 Å². The fourth-order valence-electron chi connectivity index (χ4n) is 4.55. The Morgan fingerprint density at radius 3 is 2.48 bits per heavy atom. The predicted molar refractivity (Wildman–Crippen MR) is 133 cm³/mol. The SMILES string of the molecule is Cc1ccccc1N1C(=O)CSc2c(c3ccccc3n2C)C1C(=O)NCc1ccccc1. The third-order valence-electron chi connectivity index (χ3n) is 6.16. The van der Waals surface area contributed by atoms with E-state index >= 15 is 0 Å². The number of anilines is 1. The Labute approximate surface area is 197 Å². The summed E-state index contributed by atoms with van der Waals surface area (Å²) in [6, 6.07) is 24.9. The van der Waals surface area contributed by atoms with Crippen LogP contribution < -0.4 is 10.2 Å². The first kappa shape index (κ1) is 21.3. The van der Waals surface area contributed by atoms with Gasteiger partial charge in [0.05, 0.1) is 10.8 Å². The molecule has 0 radical (unpaired) electrons. The van der Waals surface area contributed by atoms with Crippen LogP contribution in [0.5, 0.6) is 0 Å². The number of benzene rings is 3. The highest BCUT2D eigenvalue weighted by Gasteiger charge is 2.40. The number of hydrogen-bond acceptors (Lipinski definition) is 3. The summed E-state index contributed by atoms with van der Waals surface area (Å²) in [5.41, 5.74) is 4.68. The lowest BCUT2D eigenvalue weighted by atomic mass is 10.0. The first-order valence-electron chi connectivity index (χ1n) is 11.0. The van der Waals surface area contributed by atoms with E-state index in [1.807, 2.05) is 86.8 Å². The fraction of sp³-hybridized carbons (Fsp3) is 0.185. The summed E-state index contributed by atoms with van der Waals surface area (Å²) in [4.78, 5) is 29.0. The van der Waals surface area contributed by atoms with Crippen LogP contribution in [0.4, 0.5) is 5.69 Å². The van der Waals surface area contributed by atoms with Crippen LogP contribution in [0.25, 0.3) is 10.9 Å². The minimum absolute atomic E-state index is 0.0746. The molecule has 166 valence electrons. The summed E-state index contributed by atoms with van der Waals surface area (Å²) in [6.07, 6.45) is 0. The zero-order valence-corrected chi connectivity index (χ0v) is 19.4. The van der Waals surface area contributed by atoms with Crippen LogP contribution in [0.1, 0.15) is 22.7 Å². The summed E-state index contributed by atoms with van der Waals surface area (Å²) in [7, 11) is 2.00. The molecule has 1 atom stereocenters. The summed E-state index contributed by atoms with van der Waals surface area (Å²) in [6.45, 7) is 2.38. The Morgan fingerprint density at radius 1 is 1.00 bits per heavy atom. The highest BCUT2D eigenvalue weighted by atomic mass is 32.2. The van der Waals surface area contributed by atoms with E-state index in [0.29, 0.717) is 6.54 Å². The maximum atomic E-state index is 13.9. The molecule has 5 rings (SSSR count). The van der Waals surface area contributed by atoms with Crippen molar-refractivity contribution < 1.29 is 9.59 Å². The van der Waals surface area contributed by atoms with Crippen molar-refractivity contribution in [1.82, 2.24) is 9.88 Å². The zero-order valence-electron chi connectivity index (χ0n) is 18.6. The number of hydrogen-bond donors (Lipinski definition) is 1. The molecule has 33 heavy (non-hydrogen) atoms. The summed E-state index contributed by atoms with van der Waals surface area (Å²) in [5.74, 6) is 0.0125. The molecule has 0 saturated carbocycles. The van der Waals surface area contributed by atoms with Crippen molar-refractivity contribution in [3.05, 3.63) is 95.6 Å². The lowest BCUT2D eigenvalue weighted by Gasteiger charge is -2.31. The van der Waals surface area contributed by atoms with Gasteiger partial charge in [0.1, 0.15) is 6.04 Å². The quantitative estimate of drug-likeness (QED) is 0.472. The van der Waals surface area contributed by atoms with Crippen molar-refractivity contribution in [3.63, 3.8) is 0 Å². The molecule has 6 heteroatoms. The molecule has 0 spiro atoms. The Morgan fingerprint density at radius 2 is 1.70 bits per heavy atom.